The summed E-state index contributed by atoms with van der Waals surface area (Å²) in [5, 5.41) is 0.398. The van der Waals surface area contributed by atoms with E-state index in [4.69, 9.17) is 16.3 Å². The molecule has 0 aliphatic heterocycles. The summed E-state index contributed by atoms with van der Waals surface area (Å²) in [6.45, 7) is 3.72. The van der Waals surface area contributed by atoms with Crippen molar-refractivity contribution in [3.05, 3.63) is 76.8 Å². The van der Waals surface area contributed by atoms with Gasteiger partial charge in [0.05, 0.1) is 28.3 Å². The molecular formula is C22H23ClN2O5S2. The molecule has 0 aliphatic rings. The molecule has 10 heteroatoms. The van der Waals surface area contributed by atoms with E-state index in [9.17, 15) is 16.8 Å². The number of hydrogen-bond acceptors (Lipinski definition) is 5. The van der Waals surface area contributed by atoms with Crippen molar-refractivity contribution in [2.45, 2.75) is 23.6 Å². The van der Waals surface area contributed by atoms with Crippen molar-refractivity contribution in [1.29, 1.82) is 0 Å². The fourth-order valence-corrected chi connectivity index (χ4v) is 5.58. The van der Waals surface area contributed by atoms with Gasteiger partial charge in [-0.3, -0.25) is 9.03 Å². The van der Waals surface area contributed by atoms with Crippen LogP contribution in [0.5, 0.6) is 5.75 Å². The maximum Gasteiger partial charge on any atom is 0.264 e. The number of ether oxygens (including phenoxy) is 1. The Hall–Kier alpha value is -2.75. The van der Waals surface area contributed by atoms with E-state index in [-0.39, 0.29) is 21.2 Å². The van der Waals surface area contributed by atoms with Crippen molar-refractivity contribution < 1.29 is 21.6 Å². The summed E-state index contributed by atoms with van der Waals surface area (Å²) in [5.41, 5.74) is 2.29. The molecule has 0 unspecified atom stereocenters. The molecule has 0 bridgehead atoms. The first-order valence-corrected chi connectivity index (χ1v) is 12.8. The van der Waals surface area contributed by atoms with E-state index in [1.807, 2.05) is 13.0 Å². The number of rotatable bonds is 7. The van der Waals surface area contributed by atoms with Crippen LogP contribution in [0.1, 0.15) is 11.1 Å². The fourth-order valence-electron chi connectivity index (χ4n) is 3.11. The quantitative estimate of drug-likeness (QED) is 0.518. The van der Waals surface area contributed by atoms with Gasteiger partial charge in [0.2, 0.25) is 0 Å². The largest absolute Gasteiger partial charge is 0.495 e. The van der Waals surface area contributed by atoms with Crippen molar-refractivity contribution in [2.75, 3.05) is 23.2 Å². The third kappa shape index (κ3) is 4.85. The third-order valence-corrected chi connectivity index (χ3v) is 8.30. The summed E-state index contributed by atoms with van der Waals surface area (Å²) in [5.74, 6) is 0.204. The molecule has 0 aliphatic carbocycles. The third-order valence-electron chi connectivity index (χ3n) is 4.90. The lowest BCUT2D eigenvalue weighted by atomic mass is 10.1. The van der Waals surface area contributed by atoms with E-state index in [0.717, 1.165) is 15.4 Å². The lowest BCUT2D eigenvalue weighted by Crippen LogP contribution is -2.27. The zero-order valence-electron chi connectivity index (χ0n) is 18.0. The smallest absolute Gasteiger partial charge is 0.264 e. The van der Waals surface area contributed by atoms with Gasteiger partial charge < -0.3 is 4.74 Å². The van der Waals surface area contributed by atoms with Gasteiger partial charge in [-0.15, -0.1) is 0 Å². The van der Waals surface area contributed by atoms with Crippen molar-refractivity contribution in [3.8, 4) is 5.75 Å². The molecule has 0 saturated heterocycles. The molecule has 1 N–H and O–H groups in total. The van der Waals surface area contributed by atoms with Crippen LogP contribution >= 0.6 is 11.6 Å². The molecule has 3 aromatic rings. The normalized spacial score (nSPS) is 11.8. The summed E-state index contributed by atoms with van der Waals surface area (Å²) in [4.78, 5) is -0.0976. The highest BCUT2D eigenvalue weighted by Crippen LogP contribution is 2.34. The van der Waals surface area contributed by atoms with E-state index in [0.29, 0.717) is 10.7 Å². The number of halogens is 1. The van der Waals surface area contributed by atoms with Crippen LogP contribution < -0.4 is 13.8 Å². The summed E-state index contributed by atoms with van der Waals surface area (Å²) < 4.78 is 61.1. The zero-order chi connectivity index (χ0) is 23.7. The summed E-state index contributed by atoms with van der Waals surface area (Å²) in [6, 6.07) is 15.1. The monoisotopic (exact) mass is 494 g/mol. The van der Waals surface area contributed by atoms with Gasteiger partial charge in [0.25, 0.3) is 20.0 Å². The van der Waals surface area contributed by atoms with E-state index < -0.39 is 20.0 Å². The number of nitrogens with zero attached hydrogens (tertiary/aromatic N) is 1. The standard InChI is InChI=1S/C22H23ClN2O5S2/c1-15-5-11-20(16(2)13-15)24-31(26,27)19-10-12-22(30-4)21(14-19)25(3)32(28,29)18-8-6-17(23)7-9-18/h5-14,24H,1-4H3. The molecule has 170 valence electrons. The highest BCUT2D eigenvalue weighted by atomic mass is 35.5. The second-order valence-corrected chi connectivity index (χ2v) is 11.3. The van der Waals surface area contributed by atoms with Gasteiger partial charge in [-0.05, 0) is 67.9 Å². The molecule has 0 heterocycles. The molecule has 3 rings (SSSR count). The first kappa shape index (κ1) is 23.9. The van der Waals surface area contributed by atoms with Crippen molar-refractivity contribution in [3.63, 3.8) is 0 Å². The Morgan fingerprint density at radius 1 is 0.875 bits per heavy atom. The second-order valence-electron chi connectivity index (χ2n) is 7.18. The minimum absolute atomic E-state index is 0.00752. The van der Waals surface area contributed by atoms with Crippen LogP contribution in [0.2, 0.25) is 5.02 Å². The number of aryl methyl sites for hydroxylation is 2. The Morgan fingerprint density at radius 3 is 2.09 bits per heavy atom. The molecule has 0 spiro atoms. The van der Waals surface area contributed by atoms with E-state index in [2.05, 4.69) is 4.72 Å². The summed E-state index contributed by atoms with van der Waals surface area (Å²) in [6.07, 6.45) is 0. The minimum Gasteiger partial charge on any atom is -0.495 e. The Labute approximate surface area is 193 Å². The lowest BCUT2D eigenvalue weighted by Gasteiger charge is -2.22. The van der Waals surface area contributed by atoms with Crippen LogP contribution in [0.4, 0.5) is 11.4 Å². The van der Waals surface area contributed by atoms with Gasteiger partial charge >= 0.3 is 0 Å². The van der Waals surface area contributed by atoms with Crippen molar-refractivity contribution in [2.24, 2.45) is 0 Å². The molecule has 0 aromatic heterocycles. The van der Waals surface area contributed by atoms with E-state index in [1.165, 1.54) is 56.6 Å². The fraction of sp³-hybridized carbons (Fsp3) is 0.182. The highest BCUT2D eigenvalue weighted by molar-refractivity contribution is 7.93. The number of sulfonamides is 2. The first-order chi connectivity index (χ1) is 15.0. The van der Waals surface area contributed by atoms with Gasteiger partial charge in [-0.2, -0.15) is 0 Å². The minimum atomic E-state index is -3.99. The average Bonchev–Trinajstić information content (AvgIpc) is 2.75. The molecule has 0 fully saturated rings. The van der Waals surface area contributed by atoms with Gasteiger partial charge in [0.1, 0.15) is 5.75 Å². The average molecular weight is 495 g/mol. The van der Waals surface area contributed by atoms with Crippen molar-refractivity contribution in [1.82, 2.24) is 0 Å². The number of nitrogens with one attached hydrogen (secondary N) is 1. The van der Waals surface area contributed by atoms with Crippen molar-refractivity contribution >= 4 is 43.0 Å². The predicted octanol–water partition coefficient (Wildman–Crippen LogP) is 4.59. The number of anilines is 2. The lowest BCUT2D eigenvalue weighted by molar-refractivity contribution is 0.415. The Bertz CT molecular complexity index is 1360. The predicted molar refractivity (Wildman–Crippen MR) is 127 cm³/mol. The topological polar surface area (TPSA) is 92.8 Å². The van der Waals surface area contributed by atoms with Gasteiger partial charge in [-0.1, -0.05) is 29.3 Å². The van der Waals surface area contributed by atoms with Crippen LogP contribution in [0.25, 0.3) is 0 Å². The molecule has 0 saturated carbocycles. The molecule has 0 atom stereocenters. The van der Waals surface area contributed by atoms with Gasteiger partial charge in [-0.25, -0.2) is 16.8 Å². The van der Waals surface area contributed by atoms with Crippen LogP contribution in [0, 0.1) is 13.8 Å². The first-order valence-electron chi connectivity index (χ1n) is 9.48. The highest BCUT2D eigenvalue weighted by Gasteiger charge is 2.26. The molecular weight excluding hydrogens is 472 g/mol. The van der Waals surface area contributed by atoms with Crippen LogP contribution in [-0.2, 0) is 20.0 Å². The van der Waals surface area contributed by atoms with Gasteiger partial charge in [0.15, 0.2) is 0 Å². The Morgan fingerprint density at radius 2 is 1.50 bits per heavy atom. The summed E-state index contributed by atoms with van der Waals surface area (Å²) >= 11 is 5.86. The summed E-state index contributed by atoms with van der Waals surface area (Å²) in [7, 11) is -5.28. The van der Waals surface area contributed by atoms with Crippen LogP contribution in [0.15, 0.2) is 70.5 Å². The maximum atomic E-state index is 13.1. The molecule has 7 nitrogen and oxygen atoms in total. The van der Waals surface area contributed by atoms with Gasteiger partial charge in [0, 0.05) is 12.1 Å². The molecule has 0 radical (unpaired) electrons. The van der Waals surface area contributed by atoms with Crippen LogP contribution in [-0.4, -0.2) is 31.0 Å². The molecule has 32 heavy (non-hydrogen) atoms. The molecule has 0 amide bonds. The number of benzene rings is 3. The number of hydrogen-bond donors (Lipinski definition) is 1. The van der Waals surface area contributed by atoms with Crippen LogP contribution in [0.3, 0.4) is 0 Å². The Kier molecular flexibility index (Phi) is 6.73. The zero-order valence-corrected chi connectivity index (χ0v) is 20.3. The SMILES string of the molecule is COc1ccc(S(=O)(=O)Nc2ccc(C)cc2C)cc1N(C)S(=O)(=O)c1ccc(Cl)cc1. The van der Waals surface area contributed by atoms with E-state index in [1.54, 1.807) is 19.1 Å². The van der Waals surface area contributed by atoms with E-state index >= 15 is 0 Å². The Balaban J connectivity index is 2.03. The second kappa shape index (κ2) is 9.01. The number of methoxy groups -OCH3 is 1. The maximum absolute atomic E-state index is 13.1. The molecule has 3 aromatic carbocycles.